The minimum atomic E-state index is -0.512. The van der Waals surface area contributed by atoms with E-state index in [1.807, 2.05) is 12.1 Å². The van der Waals surface area contributed by atoms with Crippen molar-refractivity contribution in [1.82, 2.24) is 0 Å². The van der Waals surface area contributed by atoms with Crippen LogP contribution in [0, 0.1) is 6.92 Å². The Labute approximate surface area is 123 Å². The van der Waals surface area contributed by atoms with E-state index in [0.717, 1.165) is 5.56 Å². The quantitative estimate of drug-likeness (QED) is 0.747. The first-order chi connectivity index (χ1) is 9.97. The summed E-state index contributed by atoms with van der Waals surface area (Å²) < 4.78 is 0. The minimum absolute atomic E-state index is 0.163. The zero-order chi connectivity index (χ0) is 15.4. The van der Waals surface area contributed by atoms with Crippen LogP contribution in [-0.4, -0.2) is 11.8 Å². The Balaban J connectivity index is 2.11. The van der Waals surface area contributed by atoms with E-state index in [1.165, 1.54) is 0 Å². The fraction of sp³-hybridized carbons (Fsp3) is 0.125. The van der Waals surface area contributed by atoms with Gasteiger partial charge in [0.1, 0.15) is 0 Å². The highest BCUT2D eigenvalue weighted by Gasteiger charge is 2.11. The molecule has 2 amide bonds. The lowest BCUT2D eigenvalue weighted by atomic mass is 10.1. The molecule has 0 saturated heterocycles. The van der Waals surface area contributed by atoms with Gasteiger partial charge < -0.3 is 16.8 Å². The van der Waals surface area contributed by atoms with Crippen LogP contribution in [0.4, 0.5) is 11.4 Å². The number of amides is 2. The molecule has 5 heteroatoms. The Kier molecular flexibility index (Phi) is 4.23. The zero-order valence-electron chi connectivity index (χ0n) is 11.7. The highest BCUT2D eigenvalue weighted by molar-refractivity contribution is 5.98. The summed E-state index contributed by atoms with van der Waals surface area (Å²) in [6.45, 7) is 1.75. The van der Waals surface area contributed by atoms with E-state index in [9.17, 15) is 9.59 Å². The van der Waals surface area contributed by atoms with Crippen LogP contribution in [0.5, 0.6) is 0 Å². The number of anilines is 2. The number of rotatable bonds is 4. The Bertz CT molecular complexity index is 678. The number of primary amides is 1. The molecule has 2 rings (SSSR count). The topological polar surface area (TPSA) is 98.2 Å². The van der Waals surface area contributed by atoms with Gasteiger partial charge in [0.05, 0.1) is 6.42 Å². The molecular formula is C16H17N3O2. The molecule has 0 spiro atoms. The molecule has 0 radical (unpaired) electrons. The van der Waals surface area contributed by atoms with Gasteiger partial charge in [-0.3, -0.25) is 9.59 Å². The largest absolute Gasteiger partial charge is 0.399 e. The zero-order valence-corrected chi connectivity index (χ0v) is 11.7. The summed E-state index contributed by atoms with van der Waals surface area (Å²) in [5, 5.41) is 2.79. The van der Waals surface area contributed by atoms with Crippen LogP contribution in [0.2, 0.25) is 0 Å². The molecule has 108 valence electrons. The number of hydrogen-bond donors (Lipinski definition) is 3. The van der Waals surface area contributed by atoms with E-state index in [0.29, 0.717) is 22.5 Å². The number of hydrogen-bond acceptors (Lipinski definition) is 3. The van der Waals surface area contributed by atoms with Crippen LogP contribution in [-0.2, 0) is 11.2 Å². The first-order valence-corrected chi connectivity index (χ1v) is 6.51. The molecule has 0 aromatic heterocycles. The molecule has 5 N–H and O–H groups in total. The molecule has 0 bridgehead atoms. The summed E-state index contributed by atoms with van der Waals surface area (Å²) in [7, 11) is 0. The highest BCUT2D eigenvalue weighted by Crippen LogP contribution is 2.19. The fourth-order valence-corrected chi connectivity index (χ4v) is 2.05. The van der Waals surface area contributed by atoms with E-state index in [2.05, 4.69) is 5.32 Å². The van der Waals surface area contributed by atoms with Gasteiger partial charge in [0.25, 0.3) is 0 Å². The lowest BCUT2D eigenvalue weighted by molar-refractivity contribution is -0.115. The van der Waals surface area contributed by atoms with E-state index < -0.39 is 5.91 Å². The van der Waals surface area contributed by atoms with Crippen molar-refractivity contribution in [2.24, 2.45) is 5.73 Å². The van der Waals surface area contributed by atoms with Gasteiger partial charge in [-0.25, -0.2) is 0 Å². The predicted molar refractivity (Wildman–Crippen MR) is 82.9 cm³/mol. The lowest BCUT2D eigenvalue weighted by Gasteiger charge is -2.11. The van der Waals surface area contributed by atoms with Crippen molar-refractivity contribution in [1.29, 1.82) is 0 Å². The van der Waals surface area contributed by atoms with Crippen molar-refractivity contribution in [2.75, 3.05) is 11.1 Å². The molecule has 0 aliphatic carbocycles. The Hall–Kier alpha value is -2.82. The second-order valence-electron chi connectivity index (χ2n) is 4.81. The van der Waals surface area contributed by atoms with Gasteiger partial charge in [-0.2, -0.15) is 0 Å². The van der Waals surface area contributed by atoms with Gasteiger partial charge in [0, 0.05) is 16.9 Å². The second-order valence-corrected chi connectivity index (χ2v) is 4.81. The molecule has 21 heavy (non-hydrogen) atoms. The van der Waals surface area contributed by atoms with E-state index >= 15 is 0 Å². The first kappa shape index (κ1) is 14.6. The molecule has 0 aliphatic rings. The average Bonchev–Trinajstić information content (AvgIpc) is 2.43. The molecular weight excluding hydrogens is 266 g/mol. The fourth-order valence-electron chi connectivity index (χ4n) is 2.05. The van der Waals surface area contributed by atoms with Gasteiger partial charge in [0.15, 0.2) is 0 Å². The maximum Gasteiger partial charge on any atom is 0.249 e. The van der Waals surface area contributed by atoms with Crippen LogP contribution in [0.1, 0.15) is 21.5 Å². The van der Waals surface area contributed by atoms with E-state index in [4.69, 9.17) is 11.5 Å². The normalized spacial score (nSPS) is 10.1. The molecule has 0 heterocycles. The maximum atomic E-state index is 12.0. The number of nitrogens with one attached hydrogen (secondary N) is 1. The van der Waals surface area contributed by atoms with Crippen LogP contribution in [0.3, 0.4) is 0 Å². The number of nitrogens with two attached hydrogens (primary N) is 2. The summed E-state index contributed by atoms with van der Waals surface area (Å²) in [4.78, 5) is 23.3. The average molecular weight is 283 g/mol. The number of carbonyl (C=O) groups is 2. The molecule has 0 unspecified atom stereocenters. The third-order valence-corrected chi connectivity index (χ3v) is 3.22. The molecule has 0 saturated carbocycles. The van der Waals surface area contributed by atoms with Gasteiger partial charge >= 0.3 is 0 Å². The third kappa shape index (κ3) is 3.60. The predicted octanol–water partition coefficient (Wildman–Crippen LogP) is 1.86. The SMILES string of the molecule is Cc1c(NC(=O)Cc2ccc(N)cc2)cccc1C(N)=O. The molecule has 0 fully saturated rings. The maximum absolute atomic E-state index is 12.0. The van der Waals surface area contributed by atoms with Crippen LogP contribution in [0.25, 0.3) is 0 Å². The number of benzene rings is 2. The minimum Gasteiger partial charge on any atom is -0.399 e. The van der Waals surface area contributed by atoms with Crippen LogP contribution >= 0.6 is 0 Å². The highest BCUT2D eigenvalue weighted by atomic mass is 16.2. The van der Waals surface area contributed by atoms with Gasteiger partial charge in [-0.1, -0.05) is 18.2 Å². The van der Waals surface area contributed by atoms with Crippen molar-refractivity contribution in [3.05, 3.63) is 59.2 Å². The standard InChI is InChI=1S/C16H17N3O2/c1-10-13(16(18)21)3-2-4-14(10)19-15(20)9-11-5-7-12(17)8-6-11/h2-8H,9,17H2,1H3,(H2,18,21)(H,19,20). The second kappa shape index (κ2) is 6.09. The number of nitrogen functional groups attached to an aromatic ring is 1. The Morgan fingerprint density at radius 3 is 2.38 bits per heavy atom. The van der Waals surface area contributed by atoms with Gasteiger partial charge in [-0.05, 0) is 42.3 Å². The molecule has 2 aromatic rings. The third-order valence-electron chi connectivity index (χ3n) is 3.22. The summed E-state index contributed by atoms with van der Waals surface area (Å²) >= 11 is 0. The smallest absolute Gasteiger partial charge is 0.249 e. The van der Waals surface area contributed by atoms with Crippen LogP contribution < -0.4 is 16.8 Å². The van der Waals surface area contributed by atoms with Crippen molar-refractivity contribution >= 4 is 23.2 Å². The van der Waals surface area contributed by atoms with Gasteiger partial charge in [-0.15, -0.1) is 0 Å². The molecule has 0 aliphatic heterocycles. The summed E-state index contributed by atoms with van der Waals surface area (Å²) in [5.41, 5.74) is 14.1. The van der Waals surface area contributed by atoms with Crippen molar-refractivity contribution < 1.29 is 9.59 Å². The molecule has 2 aromatic carbocycles. The summed E-state index contributed by atoms with van der Waals surface area (Å²) in [6.07, 6.45) is 0.237. The lowest BCUT2D eigenvalue weighted by Crippen LogP contribution is -2.18. The molecule has 5 nitrogen and oxygen atoms in total. The van der Waals surface area contributed by atoms with Crippen molar-refractivity contribution in [3.63, 3.8) is 0 Å². The summed E-state index contributed by atoms with van der Waals surface area (Å²) in [5.74, 6) is -0.674. The summed E-state index contributed by atoms with van der Waals surface area (Å²) in [6, 6.07) is 12.2. The van der Waals surface area contributed by atoms with Crippen molar-refractivity contribution in [2.45, 2.75) is 13.3 Å². The molecule has 0 atom stereocenters. The Morgan fingerprint density at radius 2 is 1.76 bits per heavy atom. The van der Waals surface area contributed by atoms with Crippen LogP contribution in [0.15, 0.2) is 42.5 Å². The van der Waals surface area contributed by atoms with E-state index in [-0.39, 0.29) is 12.3 Å². The Morgan fingerprint density at radius 1 is 1.10 bits per heavy atom. The monoisotopic (exact) mass is 283 g/mol. The van der Waals surface area contributed by atoms with Crippen molar-refractivity contribution in [3.8, 4) is 0 Å². The van der Waals surface area contributed by atoms with Gasteiger partial charge in [0.2, 0.25) is 11.8 Å². The number of carbonyl (C=O) groups excluding carboxylic acids is 2. The first-order valence-electron chi connectivity index (χ1n) is 6.51. The van der Waals surface area contributed by atoms with E-state index in [1.54, 1.807) is 37.3 Å².